The lowest BCUT2D eigenvalue weighted by molar-refractivity contribution is -0.127. The molecule has 0 aromatic rings. The molecule has 1 amide bonds. The molecule has 138 valence electrons. The average molecular weight is 370 g/mol. The first kappa shape index (κ1) is 22.9. The van der Waals surface area contributed by atoms with Crippen molar-refractivity contribution in [3.63, 3.8) is 0 Å². The number of piperidine rings is 1. The second-order valence-corrected chi connectivity index (χ2v) is 6.59. The maximum atomic E-state index is 12.3. The van der Waals surface area contributed by atoms with E-state index in [1.807, 2.05) is 0 Å². The van der Waals surface area contributed by atoms with E-state index in [0.29, 0.717) is 6.04 Å². The Balaban J connectivity index is 0.00000242. The molecule has 0 radical (unpaired) electrons. The van der Waals surface area contributed by atoms with Gasteiger partial charge in [-0.25, -0.2) is 0 Å². The minimum absolute atomic E-state index is 0. The van der Waals surface area contributed by atoms with Crippen molar-refractivity contribution >= 4 is 30.7 Å². The zero-order valence-electron chi connectivity index (χ0n) is 14.2. The van der Waals surface area contributed by atoms with Gasteiger partial charge in [-0.3, -0.25) is 4.79 Å². The maximum absolute atomic E-state index is 12.3. The molecule has 1 saturated carbocycles. The molecule has 0 bridgehead atoms. The van der Waals surface area contributed by atoms with E-state index in [9.17, 15) is 4.79 Å². The molecule has 2 fully saturated rings. The fraction of sp³-hybridized carbons (Fsp3) is 0.938. The first-order valence-electron chi connectivity index (χ1n) is 8.46. The second kappa shape index (κ2) is 12.3. The molecular weight excluding hydrogens is 337 g/mol. The number of nitrogens with two attached hydrogens (primary N) is 1. The summed E-state index contributed by atoms with van der Waals surface area (Å²) in [6, 6.07) is 0.575. The number of ether oxygens (including phenoxy) is 1. The predicted molar refractivity (Wildman–Crippen MR) is 98.5 cm³/mol. The highest BCUT2D eigenvalue weighted by atomic mass is 35.5. The van der Waals surface area contributed by atoms with Crippen LogP contribution in [0.5, 0.6) is 0 Å². The van der Waals surface area contributed by atoms with Crippen LogP contribution >= 0.6 is 24.8 Å². The Hall–Kier alpha value is -0.0700. The molecule has 1 saturated heterocycles. The number of methoxy groups -OCH3 is 1. The molecule has 0 aromatic heterocycles. The first-order valence-corrected chi connectivity index (χ1v) is 8.46. The highest BCUT2D eigenvalue weighted by molar-refractivity contribution is 5.85. The molecule has 2 rings (SSSR count). The number of hydrogen-bond acceptors (Lipinski definition) is 4. The fourth-order valence-electron chi connectivity index (χ4n) is 3.52. The molecule has 0 spiro atoms. The predicted octanol–water partition coefficient (Wildman–Crippen LogP) is 1.96. The molecule has 0 aromatic carbocycles. The average Bonchev–Trinajstić information content (AvgIpc) is 2.49. The maximum Gasteiger partial charge on any atom is 0.223 e. The summed E-state index contributed by atoms with van der Waals surface area (Å²) in [5.74, 6) is 0.386. The minimum atomic E-state index is 0. The van der Waals surface area contributed by atoms with E-state index in [-0.39, 0.29) is 42.7 Å². The number of carbonyl (C=O) groups excluding carboxylic acids is 1. The van der Waals surface area contributed by atoms with Crippen LogP contribution in [0.3, 0.4) is 0 Å². The van der Waals surface area contributed by atoms with Crippen molar-refractivity contribution in [3.05, 3.63) is 0 Å². The van der Waals surface area contributed by atoms with Crippen LogP contribution in [0, 0.1) is 5.92 Å². The number of likely N-dealkylation sites (tertiary alicyclic amines) is 1. The van der Waals surface area contributed by atoms with Crippen molar-refractivity contribution in [1.29, 1.82) is 0 Å². The number of rotatable bonds is 6. The SMILES string of the molecule is COCCCN1CCC(NC(=O)C2CCCC(N)C2)CC1.Cl.Cl. The third-order valence-electron chi connectivity index (χ3n) is 4.84. The lowest BCUT2D eigenvalue weighted by Gasteiger charge is -2.34. The Kier molecular flexibility index (Phi) is 12.3. The van der Waals surface area contributed by atoms with Crippen molar-refractivity contribution in [2.75, 3.05) is 33.4 Å². The summed E-state index contributed by atoms with van der Waals surface area (Å²) in [5.41, 5.74) is 5.98. The molecule has 5 nitrogen and oxygen atoms in total. The van der Waals surface area contributed by atoms with E-state index < -0.39 is 0 Å². The number of amides is 1. The van der Waals surface area contributed by atoms with Crippen LogP contribution in [0.25, 0.3) is 0 Å². The highest BCUT2D eigenvalue weighted by Gasteiger charge is 2.28. The Bertz CT molecular complexity index is 326. The minimum Gasteiger partial charge on any atom is -0.385 e. The summed E-state index contributed by atoms with van der Waals surface area (Å²) in [7, 11) is 1.75. The van der Waals surface area contributed by atoms with Gasteiger partial charge in [0.15, 0.2) is 0 Å². The van der Waals surface area contributed by atoms with Crippen LogP contribution in [0.4, 0.5) is 0 Å². The van der Waals surface area contributed by atoms with E-state index in [1.165, 1.54) is 0 Å². The summed E-state index contributed by atoms with van der Waals surface area (Å²) >= 11 is 0. The van der Waals surface area contributed by atoms with Gasteiger partial charge in [0.2, 0.25) is 5.91 Å². The number of nitrogens with zero attached hydrogens (tertiary/aromatic N) is 1. The van der Waals surface area contributed by atoms with Gasteiger partial charge in [0.1, 0.15) is 0 Å². The molecule has 7 heteroatoms. The molecule has 1 heterocycles. The quantitative estimate of drug-likeness (QED) is 0.702. The van der Waals surface area contributed by atoms with E-state index in [2.05, 4.69) is 10.2 Å². The molecule has 2 unspecified atom stereocenters. The van der Waals surface area contributed by atoms with Gasteiger partial charge in [-0.2, -0.15) is 0 Å². The Morgan fingerprint density at radius 1 is 1.22 bits per heavy atom. The molecule has 1 aliphatic carbocycles. The molecule has 2 aliphatic rings. The summed E-state index contributed by atoms with van der Waals surface area (Å²) < 4.78 is 5.09. The van der Waals surface area contributed by atoms with Crippen LogP contribution < -0.4 is 11.1 Å². The van der Waals surface area contributed by atoms with E-state index in [4.69, 9.17) is 10.5 Å². The monoisotopic (exact) mass is 369 g/mol. The number of carbonyl (C=O) groups is 1. The van der Waals surface area contributed by atoms with E-state index in [0.717, 1.165) is 71.2 Å². The van der Waals surface area contributed by atoms with Crippen molar-refractivity contribution in [1.82, 2.24) is 10.2 Å². The summed E-state index contributed by atoms with van der Waals surface area (Å²) in [4.78, 5) is 14.8. The number of hydrogen-bond donors (Lipinski definition) is 2. The number of nitrogens with one attached hydrogen (secondary N) is 1. The van der Waals surface area contributed by atoms with Gasteiger partial charge >= 0.3 is 0 Å². The Morgan fingerprint density at radius 2 is 1.91 bits per heavy atom. The fourth-order valence-corrected chi connectivity index (χ4v) is 3.52. The van der Waals surface area contributed by atoms with Gasteiger partial charge in [-0.15, -0.1) is 24.8 Å². The van der Waals surface area contributed by atoms with Crippen molar-refractivity contribution in [3.8, 4) is 0 Å². The third kappa shape index (κ3) is 8.03. The van der Waals surface area contributed by atoms with E-state index in [1.54, 1.807) is 7.11 Å². The van der Waals surface area contributed by atoms with Crippen LogP contribution in [0.15, 0.2) is 0 Å². The van der Waals surface area contributed by atoms with Crippen LogP contribution in [-0.2, 0) is 9.53 Å². The smallest absolute Gasteiger partial charge is 0.223 e. The number of halogens is 2. The molecular formula is C16H33Cl2N3O2. The Labute approximate surface area is 152 Å². The van der Waals surface area contributed by atoms with Crippen molar-refractivity contribution < 1.29 is 9.53 Å². The topological polar surface area (TPSA) is 67.6 Å². The molecule has 1 aliphatic heterocycles. The third-order valence-corrected chi connectivity index (χ3v) is 4.84. The standard InChI is InChI=1S/C16H31N3O2.2ClH/c1-21-11-3-8-19-9-6-15(7-10-19)18-16(20)13-4-2-5-14(17)12-13;;/h13-15H,2-12,17H2,1H3,(H,18,20);2*1H. The van der Waals surface area contributed by atoms with Gasteiger partial charge in [0.25, 0.3) is 0 Å². The van der Waals surface area contributed by atoms with E-state index >= 15 is 0 Å². The van der Waals surface area contributed by atoms with Gasteiger partial charge in [0.05, 0.1) is 0 Å². The zero-order chi connectivity index (χ0) is 15.1. The van der Waals surface area contributed by atoms with Crippen LogP contribution in [0.2, 0.25) is 0 Å². The highest BCUT2D eigenvalue weighted by Crippen LogP contribution is 2.23. The van der Waals surface area contributed by atoms with Gasteiger partial charge in [-0.1, -0.05) is 6.42 Å². The van der Waals surface area contributed by atoms with Gasteiger partial charge in [-0.05, 0) is 38.5 Å². The van der Waals surface area contributed by atoms with Crippen molar-refractivity contribution in [2.45, 2.75) is 57.0 Å². The summed E-state index contributed by atoms with van der Waals surface area (Å²) in [6.45, 7) is 4.10. The summed E-state index contributed by atoms with van der Waals surface area (Å²) in [5, 5.41) is 3.25. The summed E-state index contributed by atoms with van der Waals surface area (Å²) in [6.07, 6.45) is 7.26. The Morgan fingerprint density at radius 3 is 2.52 bits per heavy atom. The second-order valence-electron chi connectivity index (χ2n) is 6.59. The lowest BCUT2D eigenvalue weighted by atomic mass is 9.85. The largest absolute Gasteiger partial charge is 0.385 e. The normalized spacial score (nSPS) is 26.0. The van der Waals surface area contributed by atoms with Crippen LogP contribution in [0.1, 0.15) is 44.9 Å². The lowest BCUT2D eigenvalue weighted by Crippen LogP contribution is -2.47. The van der Waals surface area contributed by atoms with Crippen molar-refractivity contribution in [2.24, 2.45) is 11.7 Å². The molecule has 23 heavy (non-hydrogen) atoms. The zero-order valence-corrected chi connectivity index (χ0v) is 15.8. The van der Waals surface area contributed by atoms with Gasteiger partial charge < -0.3 is 20.7 Å². The van der Waals surface area contributed by atoms with Gasteiger partial charge in [0, 0.05) is 51.4 Å². The van der Waals surface area contributed by atoms with Crippen LogP contribution in [-0.4, -0.2) is 56.2 Å². The molecule has 3 N–H and O–H groups in total. The first-order chi connectivity index (χ1) is 10.2. The molecule has 2 atom stereocenters.